The number of aromatic amines is 1. The number of nitrogens with one attached hydrogen (secondary N) is 2. The number of rotatable bonds is 6. The zero-order chi connectivity index (χ0) is 28.7. The van der Waals surface area contributed by atoms with Crippen LogP contribution in [0.5, 0.6) is 0 Å². The average Bonchev–Trinajstić information content (AvgIpc) is 3.49. The third kappa shape index (κ3) is 6.66. The van der Waals surface area contributed by atoms with Crippen LogP contribution in [0.2, 0.25) is 0 Å². The maximum absolute atomic E-state index is 13.0. The number of amides is 1. The molecular formula is C28H23F3N6O3. The molecule has 2 aromatic carbocycles. The number of benzene rings is 2. The van der Waals surface area contributed by atoms with Gasteiger partial charge in [0.2, 0.25) is 0 Å². The molecule has 0 bridgehead atoms. The molecule has 0 saturated carbocycles. The first kappa shape index (κ1) is 27.9. The number of nitrogens with zero attached hydrogens (tertiary/aromatic N) is 3. The van der Waals surface area contributed by atoms with Crippen LogP contribution in [-0.4, -0.2) is 43.3 Å². The van der Waals surface area contributed by atoms with Gasteiger partial charge in [0.15, 0.2) is 0 Å². The molecule has 40 heavy (non-hydrogen) atoms. The highest BCUT2D eigenvalue weighted by atomic mass is 19.4. The lowest BCUT2D eigenvalue weighted by atomic mass is 9.96. The van der Waals surface area contributed by atoms with Crippen molar-refractivity contribution < 1.29 is 27.9 Å². The zero-order valence-corrected chi connectivity index (χ0v) is 20.8. The molecule has 0 unspecified atom stereocenters. The number of halogens is 3. The second kappa shape index (κ2) is 12.2. The maximum Gasteiger partial charge on any atom is 0.490 e. The van der Waals surface area contributed by atoms with Crippen molar-refractivity contribution in [3.8, 4) is 22.4 Å². The van der Waals surface area contributed by atoms with E-state index in [9.17, 15) is 18.0 Å². The Balaban J connectivity index is 0.000000470. The Hall–Kier alpha value is -5.10. The normalized spacial score (nSPS) is 11.0. The quantitative estimate of drug-likeness (QED) is 0.240. The molecule has 3 heterocycles. The number of nitrogens with two attached hydrogens (primary N) is 1. The Morgan fingerprint density at radius 1 is 0.950 bits per heavy atom. The van der Waals surface area contributed by atoms with E-state index in [1.165, 1.54) is 0 Å². The standard InChI is InChI=1S/C26H22N6O.C2HF3O2/c27-15-17-6-8-19(9-7-17)24-21(18-4-2-1-3-5-18)14-22-23(31-24)11-12-28-25(22)26(33)29-16-20-10-13-30-32-20;3-2(4,5)1(6)7/h1-14H,15-16,27H2,(H,29,33)(H,30,32);(H,6,7). The predicted octanol–water partition coefficient (Wildman–Crippen LogP) is 4.71. The van der Waals surface area contributed by atoms with E-state index < -0.39 is 12.1 Å². The SMILES string of the molecule is NCc1ccc(-c2nc3ccnc(C(=O)NCc4ccn[nH]4)c3cc2-c2ccccc2)cc1.O=C(O)C(F)(F)F. The molecule has 0 aliphatic rings. The molecule has 0 atom stereocenters. The van der Waals surface area contributed by atoms with Crippen LogP contribution in [0, 0.1) is 0 Å². The Morgan fingerprint density at radius 2 is 1.65 bits per heavy atom. The topological polar surface area (TPSA) is 147 Å². The summed E-state index contributed by atoms with van der Waals surface area (Å²) in [4.78, 5) is 31.2. The summed E-state index contributed by atoms with van der Waals surface area (Å²) in [6, 6.07) is 23.7. The van der Waals surface area contributed by atoms with E-state index in [0.29, 0.717) is 29.7 Å². The number of carboxylic acids is 1. The van der Waals surface area contributed by atoms with E-state index in [1.807, 2.05) is 72.8 Å². The molecule has 1 amide bonds. The van der Waals surface area contributed by atoms with E-state index in [2.05, 4.69) is 20.5 Å². The number of aromatic nitrogens is 4. The number of H-pyrrole nitrogens is 1. The summed E-state index contributed by atoms with van der Waals surface area (Å²) in [5.74, 6) is -3.02. The molecule has 5 N–H and O–H groups in total. The van der Waals surface area contributed by atoms with Gasteiger partial charge in [0.05, 0.1) is 23.4 Å². The first-order chi connectivity index (χ1) is 19.2. The molecular weight excluding hydrogens is 525 g/mol. The van der Waals surface area contributed by atoms with E-state index in [1.54, 1.807) is 12.4 Å². The van der Waals surface area contributed by atoms with Crippen LogP contribution in [0.15, 0.2) is 85.2 Å². The molecule has 0 spiro atoms. The molecule has 0 aliphatic carbocycles. The Labute approximate surface area is 225 Å². The van der Waals surface area contributed by atoms with E-state index in [-0.39, 0.29) is 5.91 Å². The van der Waals surface area contributed by atoms with Gasteiger partial charge < -0.3 is 16.2 Å². The maximum atomic E-state index is 13.0. The average molecular weight is 549 g/mol. The highest BCUT2D eigenvalue weighted by molar-refractivity contribution is 6.06. The van der Waals surface area contributed by atoms with E-state index in [4.69, 9.17) is 20.6 Å². The minimum Gasteiger partial charge on any atom is -0.475 e. The highest BCUT2D eigenvalue weighted by Crippen LogP contribution is 2.34. The Kier molecular flexibility index (Phi) is 8.50. The van der Waals surface area contributed by atoms with Gasteiger partial charge >= 0.3 is 12.1 Å². The van der Waals surface area contributed by atoms with E-state index >= 15 is 0 Å². The molecule has 0 radical (unpaired) electrons. The van der Waals surface area contributed by atoms with Gasteiger partial charge in [-0.1, -0.05) is 54.6 Å². The van der Waals surface area contributed by atoms with Crippen molar-refractivity contribution in [3.63, 3.8) is 0 Å². The Morgan fingerprint density at radius 3 is 2.25 bits per heavy atom. The van der Waals surface area contributed by atoms with Gasteiger partial charge in [-0.2, -0.15) is 18.3 Å². The molecule has 0 saturated heterocycles. The third-order valence-corrected chi connectivity index (χ3v) is 5.75. The molecule has 5 aromatic rings. The second-order valence-corrected chi connectivity index (χ2v) is 8.45. The van der Waals surface area contributed by atoms with Crippen LogP contribution in [0.1, 0.15) is 21.7 Å². The fourth-order valence-corrected chi connectivity index (χ4v) is 3.78. The molecule has 0 fully saturated rings. The van der Waals surface area contributed by atoms with Gasteiger partial charge in [-0.15, -0.1) is 0 Å². The fourth-order valence-electron chi connectivity index (χ4n) is 3.78. The number of carboxylic acid groups (broad SMARTS) is 1. The lowest BCUT2D eigenvalue weighted by molar-refractivity contribution is -0.192. The number of carbonyl (C=O) groups excluding carboxylic acids is 1. The van der Waals surface area contributed by atoms with Crippen LogP contribution in [0.4, 0.5) is 13.2 Å². The summed E-state index contributed by atoms with van der Waals surface area (Å²) in [7, 11) is 0. The van der Waals surface area contributed by atoms with Gasteiger partial charge in [-0.3, -0.25) is 14.9 Å². The van der Waals surface area contributed by atoms with E-state index in [0.717, 1.165) is 33.6 Å². The summed E-state index contributed by atoms with van der Waals surface area (Å²) in [5, 5.41) is 17.5. The number of hydrogen-bond donors (Lipinski definition) is 4. The van der Waals surface area contributed by atoms with Gasteiger partial charge in [-0.05, 0) is 29.3 Å². The number of hydrogen-bond acceptors (Lipinski definition) is 6. The molecule has 204 valence electrons. The lowest BCUT2D eigenvalue weighted by Crippen LogP contribution is -2.24. The largest absolute Gasteiger partial charge is 0.490 e. The number of fused-ring (bicyclic) bond motifs is 1. The van der Waals surface area contributed by atoms with Crippen molar-refractivity contribution in [3.05, 3.63) is 102 Å². The first-order valence-electron chi connectivity index (χ1n) is 11.9. The van der Waals surface area contributed by atoms with Crippen molar-refractivity contribution in [1.82, 2.24) is 25.5 Å². The van der Waals surface area contributed by atoms with Gasteiger partial charge in [0.25, 0.3) is 5.91 Å². The predicted molar refractivity (Wildman–Crippen MR) is 142 cm³/mol. The minimum absolute atomic E-state index is 0.268. The molecule has 12 heteroatoms. The number of alkyl halides is 3. The molecule has 0 aliphatic heterocycles. The number of pyridine rings is 2. The second-order valence-electron chi connectivity index (χ2n) is 8.45. The van der Waals surface area contributed by atoms with Gasteiger partial charge in [-0.25, -0.2) is 9.78 Å². The monoisotopic (exact) mass is 548 g/mol. The third-order valence-electron chi connectivity index (χ3n) is 5.75. The first-order valence-corrected chi connectivity index (χ1v) is 11.9. The zero-order valence-electron chi connectivity index (χ0n) is 20.8. The Bertz CT molecular complexity index is 1610. The van der Waals surface area contributed by atoms with Gasteiger partial charge in [0, 0.05) is 35.5 Å². The summed E-state index contributed by atoms with van der Waals surface area (Å²) >= 11 is 0. The molecule has 9 nitrogen and oxygen atoms in total. The van der Waals surface area contributed by atoms with Crippen molar-refractivity contribution in [1.29, 1.82) is 0 Å². The van der Waals surface area contributed by atoms with Crippen LogP contribution >= 0.6 is 0 Å². The fraction of sp³-hybridized carbons (Fsp3) is 0.107. The summed E-state index contributed by atoms with van der Waals surface area (Å²) in [6.07, 6.45) is -1.82. The molecule has 5 rings (SSSR count). The van der Waals surface area contributed by atoms with Crippen LogP contribution in [0.25, 0.3) is 33.3 Å². The lowest BCUT2D eigenvalue weighted by Gasteiger charge is -2.13. The van der Waals surface area contributed by atoms with Crippen LogP contribution in [-0.2, 0) is 17.9 Å². The molecule has 3 aromatic heterocycles. The summed E-state index contributed by atoms with van der Waals surface area (Å²) in [6.45, 7) is 0.821. The van der Waals surface area contributed by atoms with Crippen molar-refractivity contribution >= 4 is 22.8 Å². The van der Waals surface area contributed by atoms with Crippen molar-refractivity contribution in [2.75, 3.05) is 0 Å². The summed E-state index contributed by atoms with van der Waals surface area (Å²) < 4.78 is 31.7. The van der Waals surface area contributed by atoms with Crippen LogP contribution < -0.4 is 11.1 Å². The van der Waals surface area contributed by atoms with Crippen molar-refractivity contribution in [2.45, 2.75) is 19.3 Å². The minimum atomic E-state index is -5.08. The number of aliphatic carboxylic acids is 1. The van der Waals surface area contributed by atoms with Crippen LogP contribution in [0.3, 0.4) is 0 Å². The number of carbonyl (C=O) groups is 2. The van der Waals surface area contributed by atoms with Crippen molar-refractivity contribution in [2.24, 2.45) is 5.73 Å². The van der Waals surface area contributed by atoms with Gasteiger partial charge in [0.1, 0.15) is 5.69 Å². The smallest absolute Gasteiger partial charge is 0.475 e. The highest BCUT2D eigenvalue weighted by Gasteiger charge is 2.38. The summed E-state index contributed by atoms with van der Waals surface area (Å²) in [5.41, 5.74) is 12.4.